The van der Waals surface area contributed by atoms with E-state index in [9.17, 15) is 4.79 Å². The lowest BCUT2D eigenvalue weighted by Crippen LogP contribution is -2.22. The number of halogens is 2. The number of hydrogen-bond donors (Lipinski definition) is 1. The van der Waals surface area contributed by atoms with Crippen LogP contribution in [0.5, 0.6) is 0 Å². The molecule has 0 spiro atoms. The van der Waals surface area contributed by atoms with Crippen molar-refractivity contribution in [3.8, 4) is 0 Å². The van der Waals surface area contributed by atoms with Crippen LogP contribution in [-0.2, 0) is 4.79 Å². The number of allylic oxidation sites excluding steroid dienone is 3. The van der Waals surface area contributed by atoms with Crippen LogP contribution in [0.1, 0.15) is 31.7 Å². The highest BCUT2D eigenvalue weighted by Crippen LogP contribution is 2.49. The van der Waals surface area contributed by atoms with Crippen LogP contribution in [0, 0.1) is 5.92 Å². The Balaban J connectivity index is 1.88. The molecule has 1 saturated carbocycles. The highest BCUT2D eigenvalue weighted by Gasteiger charge is 2.36. The molecule has 1 aliphatic rings. The molecule has 4 heteroatoms. The van der Waals surface area contributed by atoms with Crippen LogP contribution in [0.15, 0.2) is 63.1 Å². The van der Waals surface area contributed by atoms with E-state index < -0.39 is 0 Å². The lowest BCUT2D eigenvalue weighted by atomic mass is 10.1. The first-order valence-electron chi connectivity index (χ1n) is 7.60. The van der Waals surface area contributed by atoms with Crippen LogP contribution in [0.4, 0.5) is 0 Å². The van der Waals surface area contributed by atoms with Gasteiger partial charge in [-0.25, -0.2) is 0 Å². The van der Waals surface area contributed by atoms with Crippen molar-refractivity contribution in [2.24, 2.45) is 5.92 Å². The Morgan fingerprint density at radius 3 is 2.74 bits per heavy atom. The summed E-state index contributed by atoms with van der Waals surface area (Å²) < 4.78 is 2.17. The Bertz CT molecular complexity index is 676. The van der Waals surface area contributed by atoms with Crippen LogP contribution in [0.3, 0.4) is 0 Å². The molecule has 1 N–H and O–H groups in total. The SMILES string of the molecule is C=C(C)CNC(=O)C=C(C)C=C[C@@H]1C[C@H]1c1ccc(Br)c(Br)c1. The van der Waals surface area contributed by atoms with E-state index in [1.165, 1.54) is 12.0 Å². The molecule has 23 heavy (non-hydrogen) atoms. The first-order chi connectivity index (χ1) is 10.9. The molecule has 0 heterocycles. The van der Waals surface area contributed by atoms with Crippen molar-refractivity contribution in [1.29, 1.82) is 0 Å². The summed E-state index contributed by atoms with van der Waals surface area (Å²) >= 11 is 7.05. The van der Waals surface area contributed by atoms with Crippen molar-refractivity contribution in [3.63, 3.8) is 0 Å². The van der Waals surface area contributed by atoms with E-state index in [1.54, 1.807) is 6.08 Å². The maximum Gasteiger partial charge on any atom is 0.244 e. The van der Waals surface area contributed by atoms with E-state index in [0.717, 1.165) is 20.1 Å². The van der Waals surface area contributed by atoms with Gasteiger partial charge in [-0.1, -0.05) is 30.4 Å². The summed E-state index contributed by atoms with van der Waals surface area (Å²) in [5.41, 5.74) is 3.27. The predicted octanol–water partition coefficient (Wildman–Crippen LogP) is 5.51. The lowest BCUT2D eigenvalue weighted by Gasteiger charge is -2.02. The summed E-state index contributed by atoms with van der Waals surface area (Å²) in [5.74, 6) is 1.07. The highest BCUT2D eigenvalue weighted by molar-refractivity contribution is 9.13. The Morgan fingerprint density at radius 2 is 2.09 bits per heavy atom. The summed E-state index contributed by atoms with van der Waals surface area (Å²) in [4.78, 5) is 11.7. The Kier molecular flexibility index (Phi) is 6.42. The zero-order valence-electron chi connectivity index (χ0n) is 13.4. The van der Waals surface area contributed by atoms with Gasteiger partial charge in [-0.15, -0.1) is 0 Å². The third-order valence-electron chi connectivity index (χ3n) is 3.74. The van der Waals surface area contributed by atoms with E-state index in [0.29, 0.717) is 18.4 Å². The van der Waals surface area contributed by atoms with E-state index >= 15 is 0 Å². The molecule has 1 aromatic rings. The van der Waals surface area contributed by atoms with Crippen molar-refractivity contribution >= 4 is 37.8 Å². The summed E-state index contributed by atoms with van der Waals surface area (Å²) in [5, 5.41) is 2.80. The molecular weight excluding hydrogens is 418 g/mol. The van der Waals surface area contributed by atoms with Gasteiger partial charge in [0.25, 0.3) is 0 Å². The number of carbonyl (C=O) groups is 1. The van der Waals surface area contributed by atoms with Gasteiger partial charge < -0.3 is 5.32 Å². The van der Waals surface area contributed by atoms with Gasteiger partial charge in [-0.3, -0.25) is 4.79 Å². The first kappa shape index (κ1) is 18.2. The van der Waals surface area contributed by atoms with E-state index in [2.05, 4.69) is 68.0 Å². The van der Waals surface area contributed by atoms with Gasteiger partial charge in [-0.05, 0) is 87.2 Å². The van der Waals surface area contributed by atoms with E-state index in [4.69, 9.17) is 0 Å². The topological polar surface area (TPSA) is 29.1 Å². The second-order valence-electron chi connectivity index (χ2n) is 6.10. The molecule has 2 rings (SSSR count). The molecule has 0 aromatic heterocycles. The monoisotopic (exact) mass is 437 g/mol. The van der Waals surface area contributed by atoms with Gasteiger partial charge in [-0.2, -0.15) is 0 Å². The third-order valence-corrected chi connectivity index (χ3v) is 5.62. The zero-order chi connectivity index (χ0) is 17.0. The normalized spacial score (nSPS) is 20.6. The van der Waals surface area contributed by atoms with E-state index in [1.807, 2.05) is 19.9 Å². The van der Waals surface area contributed by atoms with E-state index in [-0.39, 0.29) is 5.91 Å². The van der Waals surface area contributed by atoms with Crippen LogP contribution in [0.2, 0.25) is 0 Å². The van der Waals surface area contributed by atoms with Crippen molar-refractivity contribution in [2.45, 2.75) is 26.2 Å². The zero-order valence-corrected chi connectivity index (χ0v) is 16.6. The molecule has 0 unspecified atom stereocenters. The molecule has 2 nitrogen and oxygen atoms in total. The largest absolute Gasteiger partial charge is 0.349 e. The number of hydrogen-bond acceptors (Lipinski definition) is 1. The van der Waals surface area contributed by atoms with Gasteiger partial charge in [0.2, 0.25) is 5.91 Å². The number of benzene rings is 1. The molecule has 0 bridgehead atoms. The molecule has 1 amide bonds. The summed E-state index contributed by atoms with van der Waals surface area (Å²) in [6, 6.07) is 6.42. The van der Waals surface area contributed by atoms with Crippen molar-refractivity contribution < 1.29 is 4.79 Å². The summed E-state index contributed by atoms with van der Waals surface area (Å²) in [7, 11) is 0. The molecular formula is C19H21Br2NO. The lowest BCUT2D eigenvalue weighted by molar-refractivity contribution is -0.116. The molecule has 1 aliphatic carbocycles. The van der Waals surface area contributed by atoms with Gasteiger partial charge >= 0.3 is 0 Å². The molecule has 0 aliphatic heterocycles. The summed E-state index contributed by atoms with van der Waals surface area (Å²) in [6.45, 7) is 8.13. The van der Waals surface area contributed by atoms with Crippen molar-refractivity contribution in [2.75, 3.05) is 6.54 Å². The molecule has 2 atom stereocenters. The van der Waals surface area contributed by atoms with Crippen LogP contribution < -0.4 is 5.32 Å². The number of rotatable bonds is 6. The van der Waals surface area contributed by atoms with Gasteiger partial charge in [0.1, 0.15) is 0 Å². The Morgan fingerprint density at radius 1 is 1.35 bits per heavy atom. The minimum Gasteiger partial charge on any atom is -0.349 e. The molecule has 122 valence electrons. The second-order valence-corrected chi connectivity index (χ2v) is 7.81. The van der Waals surface area contributed by atoms with Crippen molar-refractivity contribution in [1.82, 2.24) is 5.32 Å². The van der Waals surface area contributed by atoms with Crippen LogP contribution >= 0.6 is 31.9 Å². The number of carbonyl (C=O) groups excluding carboxylic acids is 1. The second kappa shape index (κ2) is 8.11. The quantitative estimate of drug-likeness (QED) is 0.354. The maximum atomic E-state index is 11.7. The van der Waals surface area contributed by atoms with Crippen LogP contribution in [-0.4, -0.2) is 12.5 Å². The van der Waals surface area contributed by atoms with Gasteiger partial charge in [0.05, 0.1) is 0 Å². The van der Waals surface area contributed by atoms with Crippen LogP contribution in [0.25, 0.3) is 0 Å². The Labute approximate surface area is 155 Å². The number of amides is 1. The smallest absolute Gasteiger partial charge is 0.244 e. The fourth-order valence-electron chi connectivity index (χ4n) is 2.37. The predicted molar refractivity (Wildman–Crippen MR) is 103 cm³/mol. The molecule has 1 fully saturated rings. The Hall–Kier alpha value is -1.13. The van der Waals surface area contributed by atoms with Gasteiger partial charge in [0, 0.05) is 21.6 Å². The third kappa shape index (κ3) is 5.78. The van der Waals surface area contributed by atoms with Gasteiger partial charge in [0.15, 0.2) is 0 Å². The number of nitrogens with one attached hydrogen (secondary N) is 1. The highest BCUT2D eigenvalue weighted by atomic mass is 79.9. The average molecular weight is 439 g/mol. The first-order valence-corrected chi connectivity index (χ1v) is 9.19. The fraction of sp³-hybridized carbons (Fsp3) is 0.316. The molecule has 0 radical (unpaired) electrons. The average Bonchev–Trinajstić information content (AvgIpc) is 3.25. The van der Waals surface area contributed by atoms with Crippen molar-refractivity contribution in [3.05, 3.63) is 68.7 Å². The summed E-state index contributed by atoms with van der Waals surface area (Å²) in [6.07, 6.45) is 7.05. The molecule has 0 saturated heterocycles. The minimum absolute atomic E-state index is 0.0701. The standard InChI is InChI=1S/C19H21Br2NO/c1-12(2)11-22-19(23)8-13(3)4-5-14-9-16(14)15-6-7-17(20)18(21)10-15/h4-8,10,14,16H,1,9,11H2,2-3H3,(H,22,23)/t14-,16-/m1/s1. The fourth-order valence-corrected chi connectivity index (χ4v) is 3.02. The minimum atomic E-state index is -0.0701. The maximum absolute atomic E-state index is 11.7. The molecule has 1 aromatic carbocycles.